The number of benzene rings is 2. The average Bonchev–Trinajstić information content (AvgIpc) is 2.91. The number of carbonyl (C=O) groups excluding carboxylic acids is 1. The van der Waals surface area contributed by atoms with Crippen LogP contribution in [0.5, 0.6) is 0 Å². The van der Waals surface area contributed by atoms with E-state index in [2.05, 4.69) is 10.5 Å². The van der Waals surface area contributed by atoms with Crippen LogP contribution in [0.25, 0.3) is 11.0 Å². The van der Waals surface area contributed by atoms with Crippen molar-refractivity contribution in [3.05, 3.63) is 58.2 Å². The van der Waals surface area contributed by atoms with Gasteiger partial charge < -0.3 is 14.9 Å². The Labute approximate surface area is 142 Å². The Morgan fingerprint density at radius 3 is 2.79 bits per heavy atom. The number of hydrogen-bond donors (Lipinski definition) is 2. The van der Waals surface area contributed by atoms with Gasteiger partial charge in [-0.3, -0.25) is 4.79 Å². The molecule has 1 amide bonds. The van der Waals surface area contributed by atoms with Crippen LogP contribution in [0.3, 0.4) is 0 Å². The van der Waals surface area contributed by atoms with Crippen molar-refractivity contribution in [3.8, 4) is 0 Å². The third-order valence-corrected chi connectivity index (χ3v) is 3.84. The highest BCUT2D eigenvalue weighted by Gasteiger charge is 2.14. The van der Waals surface area contributed by atoms with Crippen LogP contribution in [0.1, 0.15) is 21.6 Å². The maximum atomic E-state index is 12.2. The number of aromatic carboxylic acids is 1. The van der Waals surface area contributed by atoms with E-state index in [9.17, 15) is 9.59 Å². The number of hydrogen-bond acceptors (Lipinski definition) is 4. The highest BCUT2D eigenvalue weighted by Crippen LogP contribution is 2.22. The molecule has 0 aliphatic rings. The number of aryl methyl sites for hydroxylation is 1. The molecule has 24 heavy (non-hydrogen) atoms. The van der Waals surface area contributed by atoms with E-state index < -0.39 is 5.97 Å². The van der Waals surface area contributed by atoms with E-state index in [1.807, 2.05) is 19.1 Å². The third kappa shape index (κ3) is 3.23. The standard InChI is InChI=1S/C17H13ClN2O4/c1-9-2-5-15-12(6-9)14(20-24-15)8-16(21)19-10-3-4-13(18)11(7-10)17(22)23/h2-7H,8H2,1H3,(H,19,21)(H,22,23). The summed E-state index contributed by atoms with van der Waals surface area (Å²) in [4.78, 5) is 23.3. The fourth-order valence-corrected chi connectivity index (χ4v) is 2.55. The Morgan fingerprint density at radius 1 is 1.25 bits per heavy atom. The van der Waals surface area contributed by atoms with E-state index in [-0.39, 0.29) is 22.9 Å². The summed E-state index contributed by atoms with van der Waals surface area (Å²) in [5.41, 5.74) is 2.46. The van der Waals surface area contributed by atoms with Gasteiger partial charge in [-0.2, -0.15) is 0 Å². The van der Waals surface area contributed by atoms with Gasteiger partial charge >= 0.3 is 5.97 Å². The minimum Gasteiger partial charge on any atom is -0.478 e. The molecule has 2 N–H and O–H groups in total. The van der Waals surface area contributed by atoms with Gasteiger partial charge in [0.1, 0.15) is 5.69 Å². The Balaban J connectivity index is 1.79. The first-order chi connectivity index (χ1) is 11.4. The van der Waals surface area contributed by atoms with Gasteiger partial charge in [0.2, 0.25) is 5.91 Å². The number of halogens is 1. The fraction of sp³-hybridized carbons (Fsp3) is 0.118. The number of fused-ring (bicyclic) bond motifs is 1. The molecule has 2 aromatic carbocycles. The molecule has 0 fully saturated rings. The molecule has 0 spiro atoms. The van der Waals surface area contributed by atoms with Gasteiger partial charge in [0.25, 0.3) is 0 Å². The largest absolute Gasteiger partial charge is 0.478 e. The highest BCUT2D eigenvalue weighted by molar-refractivity contribution is 6.33. The zero-order valence-corrected chi connectivity index (χ0v) is 13.4. The Morgan fingerprint density at radius 2 is 2.04 bits per heavy atom. The van der Waals surface area contributed by atoms with Crippen molar-refractivity contribution in [2.45, 2.75) is 13.3 Å². The molecule has 3 aromatic rings. The van der Waals surface area contributed by atoms with Crippen LogP contribution in [-0.4, -0.2) is 22.1 Å². The van der Waals surface area contributed by atoms with Crippen molar-refractivity contribution < 1.29 is 19.2 Å². The number of amides is 1. The van der Waals surface area contributed by atoms with E-state index >= 15 is 0 Å². The van der Waals surface area contributed by atoms with Crippen molar-refractivity contribution in [1.82, 2.24) is 5.16 Å². The maximum Gasteiger partial charge on any atom is 0.337 e. The summed E-state index contributed by atoms with van der Waals surface area (Å²) in [6.07, 6.45) is 0.0154. The second-order valence-electron chi connectivity index (χ2n) is 5.35. The summed E-state index contributed by atoms with van der Waals surface area (Å²) in [7, 11) is 0. The maximum absolute atomic E-state index is 12.2. The Bertz CT molecular complexity index is 949. The number of nitrogens with zero attached hydrogens (tertiary/aromatic N) is 1. The lowest BCUT2D eigenvalue weighted by Crippen LogP contribution is -2.15. The number of carboxylic acids is 1. The summed E-state index contributed by atoms with van der Waals surface area (Å²) in [5.74, 6) is -1.49. The Kier molecular flexibility index (Phi) is 4.22. The normalized spacial score (nSPS) is 10.8. The zero-order chi connectivity index (χ0) is 17.3. The lowest BCUT2D eigenvalue weighted by Gasteiger charge is -2.06. The van der Waals surface area contributed by atoms with Crippen LogP contribution in [0.15, 0.2) is 40.9 Å². The van der Waals surface area contributed by atoms with Crippen molar-refractivity contribution in [2.24, 2.45) is 0 Å². The SMILES string of the molecule is Cc1ccc2onc(CC(=O)Nc3ccc(Cl)c(C(=O)O)c3)c2c1. The second-order valence-corrected chi connectivity index (χ2v) is 5.76. The fourth-order valence-electron chi connectivity index (χ4n) is 2.35. The predicted octanol–water partition coefficient (Wildman–Crippen LogP) is 3.67. The van der Waals surface area contributed by atoms with Crippen molar-refractivity contribution in [1.29, 1.82) is 0 Å². The lowest BCUT2D eigenvalue weighted by molar-refractivity contribution is -0.115. The first kappa shape index (κ1) is 16.0. The second kappa shape index (κ2) is 6.33. The van der Waals surface area contributed by atoms with Crippen LogP contribution in [0.2, 0.25) is 5.02 Å². The number of carboxylic acid groups (broad SMARTS) is 1. The number of anilines is 1. The smallest absolute Gasteiger partial charge is 0.337 e. The molecule has 0 radical (unpaired) electrons. The molecular formula is C17H13ClN2O4. The Hall–Kier alpha value is -2.86. The van der Waals surface area contributed by atoms with Crippen LogP contribution in [-0.2, 0) is 11.2 Å². The molecule has 0 bridgehead atoms. The van der Waals surface area contributed by atoms with Gasteiger partial charge in [-0.05, 0) is 37.3 Å². The number of aromatic nitrogens is 1. The van der Waals surface area contributed by atoms with Gasteiger partial charge in [-0.25, -0.2) is 4.79 Å². The summed E-state index contributed by atoms with van der Waals surface area (Å²) in [6.45, 7) is 1.94. The van der Waals surface area contributed by atoms with Crippen molar-refractivity contribution in [3.63, 3.8) is 0 Å². The van der Waals surface area contributed by atoms with E-state index in [0.717, 1.165) is 10.9 Å². The first-order valence-electron chi connectivity index (χ1n) is 7.11. The molecule has 1 heterocycles. The van der Waals surface area contributed by atoms with Crippen LogP contribution in [0.4, 0.5) is 5.69 Å². The summed E-state index contributed by atoms with van der Waals surface area (Å²) in [5, 5.41) is 16.5. The van der Waals surface area contributed by atoms with Gasteiger partial charge in [0.05, 0.1) is 17.0 Å². The van der Waals surface area contributed by atoms with Crippen molar-refractivity contribution in [2.75, 3.05) is 5.32 Å². The predicted molar refractivity (Wildman–Crippen MR) is 89.5 cm³/mol. The molecule has 3 rings (SSSR count). The quantitative estimate of drug-likeness (QED) is 0.753. The summed E-state index contributed by atoms with van der Waals surface area (Å²) < 4.78 is 5.20. The van der Waals surface area contributed by atoms with Gasteiger partial charge in [-0.15, -0.1) is 0 Å². The average molecular weight is 345 g/mol. The van der Waals surface area contributed by atoms with E-state index in [1.54, 1.807) is 6.07 Å². The summed E-state index contributed by atoms with van der Waals surface area (Å²) >= 11 is 5.81. The van der Waals surface area contributed by atoms with E-state index in [1.165, 1.54) is 18.2 Å². The molecule has 0 saturated carbocycles. The topological polar surface area (TPSA) is 92.4 Å². The minimum absolute atomic E-state index is 0.0154. The molecule has 0 atom stereocenters. The minimum atomic E-state index is -1.16. The van der Waals surface area contributed by atoms with E-state index in [4.69, 9.17) is 21.2 Å². The molecule has 7 heteroatoms. The number of rotatable bonds is 4. The van der Waals surface area contributed by atoms with Crippen LogP contribution < -0.4 is 5.32 Å². The highest BCUT2D eigenvalue weighted by atomic mass is 35.5. The third-order valence-electron chi connectivity index (χ3n) is 3.51. The van der Waals surface area contributed by atoms with Crippen LogP contribution >= 0.6 is 11.6 Å². The lowest BCUT2D eigenvalue weighted by atomic mass is 10.1. The van der Waals surface area contributed by atoms with Crippen molar-refractivity contribution >= 4 is 40.1 Å². The van der Waals surface area contributed by atoms with Gasteiger partial charge in [-0.1, -0.05) is 28.4 Å². The number of nitrogens with one attached hydrogen (secondary N) is 1. The molecule has 122 valence electrons. The van der Waals surface area contributed by atoms with Crippen LogP contribution in [0, 0.1) is 6.92 Å². The van der Waals surface area contributed by atoms with E-state index in [0.29, 0.717) is 17.0 Å². The molecular weight excluding hydrogens is 332 g/mol. The monoisotopic (exact) mass is 344 g/mol. The zero-order valence-electron chi connectivity index (χ0n) is 12.7. The van der Waals surface area contributed by atoms with Gasteiger partial charge in [0.15, 0.2) is 5.58 Å². The molecule has 6 nitrogen and oxygen atoms in total. The molecule has 0 aliphatic heterocycles. The summed E-state index contributed by atoms with van der Waals surface area (Å²) in [6, 6.07) is 9.88. The molecule has 0 saturated heterocycles. The molecule has 0 unspecified atom stereocenters. The number of carbonyl (C=O) groups is 2. The van der Waals surface area contributed by atoms with Gasteiger partial charge in [0, 0.05) is 11.1 Å². The molecule has 1 aromatic heterocycles. The molecule has 0 aliphatic carbocycles. The first-order valence-corrected chi connectivity index (χ1v) is 7.49.